The number of benzene rings is 1. The van der Waals surface area contributed by atoms with Gasteiger partial charge < -0.3 is 19.5 Å². The highest BCUT2D eigenvalue weighted by Crippen LogP contribution is 2.46. The smallest absolute Gasteiger partial charge is 0.168 e. The molecule has 2 heterocycles. The number of nitrogens with one attached hydrogen (secondary N) is 1. The van der Waals surface area contributed by atoms with Gasteiger partial charge >= 0.3 is 0 Å². The second-order valence-corrected chi connectivity index (χ2v) is 5.88. The molecule has 4 rings (SSSR count). The molecule has 2 fully saturated rings. The summed E-state index contributed by atoms with van der Waals surface area (Å²) in [5, 5.41) is 3.42. The molecule has 2 aliphatic heterocycles. The van der Waals surface area contributed by atoms with Gasteiger partial charge in [-0.2, -0.15) is 0 Å². The lowest BCUT2D eigenvalue weighted by Gasteiger charge is -2.36. The summed E-state index contributed by atoms with van der Waals surface area (Å²) in [5.74, 6) is 1.35. The number of rotatable bonds is 1. The van der Waals surface area contributed by atoms with Crippen LogP contribution in [-0.2, 0) is 9.47 Å². The summed E-state index contributed by atoms with van der Waals surface area (Å²) in [7, 11) is 0. The summed E-state index contributed by atoms with van der Waals surface area (Å²) in [5.41, 5.74) is 2.49. The van der Waals surface area contributed by atoms with E-state index < -0.39 is 0 Å². The summed E-state index contributed by atoms with van der Waals surface area (Å²) >= 11 is 0. The quantitative estimate of drug-likeness (QED) is 0.855. The van der Waals surface area contributed by atoms with E-state index in [2.05, 4.69) is 23.5 Å². The number of fused-ring (bicyclic) bond motifs is 1. The minimum Gasteiger partial charge on any atom is -0.489 e. The molecular weight excluding hydrogens is 254 g/mol. The highest BCUT2D eigenvalue weighted by molar-refractivity contribution is 5.62. The average Bonchev–Trinajstić information content (AvgIpc) is 2.96. The molecule has 1 saturated carbocycles. The molecule has 1 spiro atoms. The fourth-order valence-electron chi connectivity index (χ4n) is 3.67. The SMILES string of the molecule is c1cc2c(c(C3CCC4(CC3)OCCO4)c1)OCCN2. The predicted octanol–water partition coefficient (Wildman–Crippen LogP) is 2.89. The fraction of sp³-hybridized carbons (Fsp3) is 0.625. The van der Waals surface area contributed by atoms with Crippen LogP contribution in [0.2, 0.25) is 0 Å². The highest BCUT2D eigenvalue weighted by Gasteiger charge is 2.41. The van der Waals surface area contributed by atoms with E-state index in [9.17, 15) is 0 Å². The largest absolute Gasteiger partial charge is 0.489 e. The van der Waals surface area contributed by atoms with Gasteiger partial charge in [-0.1, -0.05) is 12.1 Å². The van der Waals surface area contributed by atoms with E-state index in [-0.39, 0.29) is 5.79 Å². The standard InChI is InChI=1S/C16H21NO3/c1-2-13(15-14(3-1)17-8-9-18-15)12-4-6-16(7-5-12)19-10-11-20-16/h1-3,12,17H,4-11H2. The minimum absolute atomic E-state index is 0.273. The van der Waals surface area contributed by atoms with E-state index in [0.29, 0.717) is 5.92 Å². The van der Waals surface area contributed by atoms with Crippen LogP contribution in [0.15, 0.2) is 18.2 Å². The third-order valence-corrected chi connectivity index (χ3v) is 4.71. The molecular formula is C16H21NO3. The normalized spacial score (nSPS) is 25.0. The van der Waals surface area contributed by atoms with Crippen LogP contribution in [0.25, 0.3) is 0 Å². The van der Waals surface area contributed by atoms with Crippen LogP contribution in [0.4, 0.5) is 5.69 Å². The predicted molar refractivity (Wildman–Crippen MR) is 76.3 cm³/mol. The number of hydrogen-bond donors (Lipinski definition) is 1. The second kappa shape index (κ2) is 4.93. The number of anilines is 1. The summed E-state index contributed by atoms with van der Waals surface area (Å²) in [6.45, 7) is 3.15. The Morgan fingerprint density at radius 1 is 1.05 bits per heavy atom. The number of para-hydroxylation sites is 1. The summed E-state index contributed by atoms with van der Waals surface area (Å²) < 4.78 is 17.5. The lowest BCUT2D eigenvalue weighted by Crippen LogP contribution is -2.34. The Kier molecular flexibility index (Phi) is 3.08. The topological polar surface area (TPSA) is 39.7 Å². The third kappa shape index (κ3) is 2.07. The Bertz CT molecular complexity index is 486. The lowest BCUT2D eigenvalue weighted by atomic mass is 9.80. The van der Waals surface area contributed by atoms with Crippen LogP contribution >= 0.6 is 0 Å². The molecule has 1 saturated heterocycles. The Hall–Kier alpha value is -1.26. The first kappa shape index (κ1) is 12.5. The molecule has 20 heavy (non-hydrogen) atoms. The zero-order chi connectivity index (χ0) is 13.4. The van der Waals surface area contributed by atoms with E-state index in [4.69, 9.17) is 14.2 Å². The van der Waals surface area contributed by atoms with Crippen LogP contribution in [0.3, 0.4) is 0 Å². The van der Waals surface area contributed by atoms with Crippen molar-refractivity contribution >= 4 is 5.69 Å². The van der Waals surface area contributed by atoms with Gasteiger partial charge in [0, 0.05) is 19.4 Å². The molecule has 0 radical (unpaired) electrons. The lowest BCUT2D eigenvalue weighted by molar-refractivity contribution is -0.178. The summed E-state index contributed by atoms with van der Waals surface area (Å²) in [6, 6.07) is 6.44. The van der Waals surface area contributed by atoms with E-state index in [1.54, 1.807) is 0 Å². The zero-order valence-corrected chi connectivity index (χ0v) is 11.7. The Morgan fingerprint density at radius 3 is 2.65 bits per heavy atom. The molecule has 3 aliphatic rings. The second-order valence-electron chi connectivity index (χ2n) is 5.88. The van der Waals surface area contributed by atoms with Gasteiger partial charge in [0.2, 0.25) is 0 Å². The van der Waals surface area contributed by atoms with Crippen molar-refractivity contribution in [1.29, 1.82) is 0 Å². The maximum atomic E-state index is 5.90. The third-order valence-electron chi connectivity index (χ3n) is 4.71. The van der Waals surface area contributed by atoms with Gasteiger partial charge in [-0.3, -0.25) is 0 Å². The molecule has 0 unspecified atom stereocenters. The van der Waals surface area contributed by atoms with Crippen molar-refractivity contribution in [2.24, 2.45) is 0 Å². The van der Waals surface area contributed by atoms with Gasteiger partial charge in [-0.15, -0.1) is 0 Å². The minimum atomic E-state index is -0.273. The highest BCUT2D eigenvalue weighted by atomic mass is 16.7. The molecule has 1 aliphatic carbocycles. The van der Waals surface area contributed by atoms with Crippen molar-refractivity contribution in [2.45, 2.75) is 37.4 Å². The van der Waals surface area contributed by atoms with E-state index >= 15 is 0 Å². The molecule has 0 amide bonds. The van der Waals surface area contributed by atoms with Gasteiger partial charge in [0.1, 0.15) is 12.4 Å². The fourth-order valence-corrected chi connectivity index (χ4v) is 3.67. The average molecular weight is 275 g/mol. The van der Waals surface area contributed by atoms with E-state index in [1.807, 2.05) is 0 Å². The number of hydrogen-bond acceptors (Lipinski definition) is 4. The summed E-state index contributed by atoms with van der Waals surface area (Å²) in [6.07, 6.45) is 4.21. The molecule has 4 heteroatoms. The molecule has 1 N–H and O–H groups in total. The Labute approximate surface area is 119 Å². The molecule has 0 atom stereocenters. The van der Waals surface area contributed by atoms with Crippen LogP contribution in [0, 0.1) is 0 Å². The van der Waals surface area contributed by atoms with Gasteiger partial charge in [0.25, 0.3) is 0 Å². The van der Waals surface area contributed by atoms with Crippen LogP contribution in [-0.4, -0.2) is 32.2 Å². The van der Waals surface area contributed by atoms with E-state index in [1.165, 1.54) is 5.56 Å². The van der Waals surface area contributed by atoms with Crippen molar-refractivity contribution in [1.82, 2.24) is 0 Å². The maximum absolute atomic E-state index is 5.90. The van der Waals surface area contributed by atoms with Crippen LogP contribution < -0.4 is 10.1 Å². The monoisotopic (exact) mass is 275 g/mol. The molecule has 4 nitrogen and oxygen atoms in total. The molecule has 1 aromatic carbocycles. The van der Waals surface area contributed by atoms with Crippen molar-refractivity contribution in [3.63, 3.8) is 0 Å². The molecule has 108 valence electrons. The van der Waals surface area contributed by atoms with Crippen molar-refractivity contribution < 1.29 is 14.2 Å². The maximum Gasteiger partial charge on any atom is 0.168 e. The summed E-state index contributed by atoms with van der Waals surface area (Å²) in [4.78, 5) is 0. The Morgan fingerprint density at radius 2 is 1.85 bits per heavy atom. The zero-order valence-electron chi connectivity index (χ0n) is 11.7. The van der Waals surface area contributed by atoms with Gasteiger partial charge in [-0.05, 0) is 30.4 Å². The van der Waals surface area contributed by atoms with Gasteiger partial charge in [-0.25, -0.2) is 0 Å². The first-order valence-electron chi connectivity index (χ1n) is 7.64. The van der Waals surface area contributed by atoms with Crippen molar-refractivity contribution in [3.8, 4) is 5.75 Å². The van der Waals surface area contributed by atoms with E-state index in [0.717, 1.165) is 63.5 Å². The van der Waals surface area contributed by atoms with Crippen molar-refractivity contribution in [3.05, 3.63) is 23.8 Å². The van der Waals surface area contributed by atoms with Crippen molar-refractivity contribution in [2.75, 3.05) is 31.7 Å². The van der Waals surface area contributed by atoms with Crippen LogP contribution in [0.1, 0.15) is 37.2 Å². The molecule has 1 aromatic rings. The Balaban J connectivity index is 1.54. The first-order valence-corrected chi connectivity index (χ1v) is 7.64. The number of ether oxygens (including phenoxy) is 3. The molecule has 0 bridgehead atoms. The van der Waals surface area contributed by atoms with Crippen LogP contribution in [0.5, 0.6) is 5.75 Å². The van der Waals surface area contributed by atoms with Gasteiger partial charge in [0.05, 0.1) is 18.9 Å². The molecule has 0 aromatic heterocycles. The first-order chi connectivity index (χ1) is 9.86. The van der Waals surface area contributed by atoms with Gasteiger partial charge in [0.15, 0.2) is 5.79 Å².